The first-order valence-corrected chi connectivity index (χ1v) is 7.76. The normalized spacial score (nSPS) is 10.7. The minimum absolute atomic E-state index is 0.250. The van der Waals surface area contributed by atoms with Crippen LogP contribution < -0.4 is 5.32 Å². The Labute approximate surface area is 141 Å². The molecule has 0 radical (unpaired) electrons. The van der Waals surface area contributed by atoms with Crippen LogP contribution >= 0.6 is 15.9 Å². The summed E-state index contributed by atoms with van der Waals surface area (Å²) in [5.41, 5.74) is 2.62. The number of nitrogens with one attached hydrogen (secondary N) is 1. The molecule has 0 bridgehead atoms. The van der Waals surface area contributed by atoms with Crippen molar-refractivity contribution in [2.45, 2.75) is 13.5 Å². The van der Waals surface area contributed by atoms with Gasteiger partial charge in [-0.3, -0.25) is 14.8 Å². The van der Waals surface area contributed by atoms with Crippen LogP contribution in [0.4, 0.5) is 5.95 Å². The number of halogens is 1. The molecule has 0 aliphatic heterocycles. The van der Waals surface area contributed by atoms with Crippen molar-refractivity contribution >= 4 is 27.8 Å². The SMILES string of the molecule is Cc1ccc(Cn2cnc(NC(=O)c3nn(C)cc3Br)n2)cc1. The monoisotopic (exact) mass is 374 g/mol. The van der Waals surface area contributed by atoms with Gasteiger partial charge in [0.25, 0.3) is 5.91 Å². The fourth-order valence-corrected chi connectivity index (χ4v) is 2.64. The first-order valence-electron chi connectivity index (χ1n) is 6.97. The number of carbonyl (C=O) groups excluding carboxylic acids is 1. The van der Waals surface area contributed by atoms with E-state index in [4.69, 9.17) is 0 Å². The van der Waals surface area contributed by atoms with Crippen LogP contribution in [-0.2, 0) is 13.6 Å². The van der Waals surface area contributed by atoms with Gasteiger partial charge in [0.2, 0.25) is 5.95 Å². The Morgan fingerprint density at radius 2 is 2.00 bits per heavy atom. The standard InChI is InChI=1S/C15H15BrN6O/c1-10-3-5-11(6-4-10)7-22-9-17-15(20-22)18-14(23)13-12(16)8-21(2)19-13/h3-6,8-9H,7H2,1-2H3,(H,18,20,23). The molecule has 23 heavy (non-hydrogen) atoms. The molecule has 2 aromatic heterocycles. The number of benzene rings is 1. The summed E-state index contributed by atoms with van der Waals surface area (Å²) in [7, 11) is 1.75. The van der Waals surface area contributed by atoms with Crippen molar-refractivity contribution in [1.82, 2.24) is 24.5 Å². The molecule has 3 rings (SSSR count). The average molecular weight is 375 g/mol. The minimum atomic E-state index is -0.356. The molecule has 0 aliphatic rings. The highest BCUT2D eigenvalue weighted by molar-refractivity contribution is 9.10. The van der Waals surface area contributed by atoms with Crippen LogP contribution in [0.15, 0.2) is 41.3 Å². The van der Waals surface area contributed by atoms with Crippen LogP contribution in [0.2, 0.25) is 0 Å². The van der Waals surface area contributed by atoms with Gasteiger partial charge in [0, 0.05) is 13.2 Å². The highest BCUT2D eigenvalue weighted by Gasteiger charge is 2.16. The van der Waals surface area contributed by atoms with Crippen molar-refractivity contribution in [3.05, 3.63) is 58.1 Å². The molecule has 0 aliphatic carbocycles. The molecular formula is C15H15BrN6O. The van der Waals surface area contributed by atoms with Gasteiger partial charge in [-0.1, -0.05) is 29.8 Å². The number of amides is 1. The summed E-state index contributed by atoms with van der Waals surface area (Å²) in [5.74, 6) is -0.106. The highest BCUT2D eigenvalue weighted by Crippen LogP contribution is 2.15. The fourth-order valence-electron chi connectivity index (χ4n) is 2.08. The number of carbonyl (C=O) groups is 1. The largest absolute Gasteiger partial charge is 0.288 e. The Kier molecular flexibility index (Phi) is 4.24. The van der Waals surface area contributed by atoms with Gasteiger partial charge < -0.3 is 0 Å². The lowest BCUT2D eigenvalue weighted by Gasteiger charge is -2.01. The topological polar surface area (TPSA) is 77.6 Å². The Hall–Kier alpha value is -2.48. The van der Waals surface area contributed by atoms with E-state index in [2.05, 4.69) is 36.4 Å². The van der Waals surface area contributed by atoms with E-state index in [0.717, 1.165) is 5.56 Å². The molecule has 0 saturated heterocycles. The van der Waals surface area contributed by atoms with E-state index in [-0.39, 0.29) is 11.9 Å². The van der Waals surface area contributed by atoms with E-state index in [1.54, 1.807) is 28.9 Å². The maximum atomic E-state index is 12.1. The van der Waals surface area contributed by atoms with Crippen LogP contribution in [0.25, 0.3) is 0 Å². The highest BCUT2D eigenvalue weighted by atomic mass is 79.9. The third-order valence-electron chi connectivity index (χ3n) is 3.23. The van der Waals surface area contributed by atoms with Crippen molar-refractivity contribution in [2.75, 3.05) is 5.32 Å². The lowest BCUT2D eigenvalue weighted by molar-refractivity contribution is 0.102. The molecular weight excluding hydrogens is 360 g/mol. The van der Waals surface area contributed by atoms with E-state index in [1.165, 1.54) is 5.56 Å². The zero-order valence-corrected chi connectivity index (χ0v) is 14.3. The lowest BCUT2D eigenvalue weighted by atomic mass is 10.1. The van der Waals surface area contributed by atoms with E-state index < -0.39 is 0 Å². The predicted molar refractivity (Wildman–Crippen MR) is 89.2 cm³/mol. The third-order valence-corrected chi connectivity index (χ3v) is 3.81. The summed E-state index contributed by atoms with van der Waals surface area (Å²) in [6.07, 6.45) is 3.29. The second-order valence-corrected chi connectivity index (χ2v) is 6.06. The molecule has 1 aromatic carbocycles. The number of anilines is 1. The second-order valence-electron chi connectivity index (χ2n) is 5.20. The predicted octanol–water partition coefficient (Wildman–Crippen LogP) is 2.38. The van der Waals surface area contributed by atoms with Gasteiger partial charge in [0.15, 0.2) is 5.69 Å². The number of rotatable bonds is 4. The van der Waals surface area contributed by atoms with E-state index in [9.17, 15) is 4.79 Å². The van der Waals surface area contributed by atoms with Gasteiger partial charge >= 0.3 is 0 Å². The van der Waals surface area contributed by atoms with Crippen LogP contribution in [0.5, 0.6) is 0 Å². The summed E-state index contributed by atoms with van der Waals surface area (Å²) >= 11 is 3.30. The molecule has 8 heteroatoms. The number of aromatic nitrogens is 5. The van der Waals surface area contributed by atoms with Crippen molar-refractivity contribution in [1.29, 1.82) is 0 Å². The quantitative estimate of drug-likeness (QED) is 0.760. The van der Waals surface area contributed by atoms with Crippen LogP contribution in [0.3, 0.4) is 0 Å². The molecule has 0 unspecified atom stereocenters. The first-order chi connectivity index (χ1) is 11.0. The average Bonchev–Trinajstić information content (AvgIpc) is 3.07. The van der Waals surface area contributed by atoms with Crippen molar-refractivity contribution in [3.63, 3.8) is 0 Å². The summed E-state index contributed by atoms with van der Waals surface area (Å²) in [6.45, 7) is 2.64. The van der Waals surface area contributed by atoms with Crippen LogP contribution in [-0.4, -0.2) is 30.5 Å². The number of aryl methyl sites for hydroxylation is 2. The van der Waals surface area contributed by atoms with Gasteiger partial charge in [0.05, 0.1) is 11.0 Å². The molecule has 0 spiro atoms. The first kappa shape index (κ1) is 15.4. The summed E-state index contributed by atoms with van der Waals surface area (Å²) < 4.78 is 3.85. The Balaban J connectivity index is 1.68. The summed E-state index contributed by atoms with van der Waals surface area (Å²) in [6, 6.07) is 8.18. The number of hydrogen-bond acceptors (Lipinski definition) is 4. The van der Waals surface area contributed by atoms with Crippen molar-refractivity contribution < 1.29 is 4.79 Å². The van der Waals surface area contributed by atoms with E-state index in [1.807, 2.05) is 31.2 Å². The van der Waals surface area contributed by atoms with Gasteiger partial charge in [-0.05, 0) is 28.4 Å². The zero-order chi connectivity index (χ0) is 16.4. The van der Waals surface area contributed by atoms with Gasteiger partial charge in [-0.15, -0.1) is 5.10 Å². The van der Waals surface area contributed by atoms with Crippen LogP contribution in [0, 0.1) is 6.92 Å². The molecule has 0 fully saturated rings. The Bertz CT molecular complexity index is 836. The Morgan fingerprint density at radius 3 is 2.65 bits per heavy atom. The third kappa shape index (κ3) is 3.65. The maximum Gasteiger partial charge on any atom is 0.279 e. The molecule has 118 valence electrons. The van der Waals surface area contributed by atoms with E-state index >= 15 is 0 Å². The minimum Gasteiger partial charge on any atom is -0.288 e. The smallest absolute Gasteiger partial charge is 0.279 e. The molecule has 0 atom stereocenters. The molecule has 2 heterocycles. The number of nitrogens with zero attached hydrogens (tertiary/aromatic N) is 5. The Morgan fingerprint density at radius 1 is 1.26 bits per heavy atom. The van der Waals surface area contributed by atoms with Gasteiger partial charge in [-0.2, -0.15) is 5.10 Å². The summed E-state index contributed by atoms with van der Waals surface area (Å²) in [4.78, 5) is 16.2. The molecule has 0 saturated carbocycles. The molecule has 1 amide bonds. The van der Waals surface area contributed by atoms with Gasteiger partial charge in [0.1, 0.15) is 6.33 Å². The van der Waals surface area contributed by atoms with Crippen molar-refractivity contribution in [2.24, 2.45) is 7.05 Å². The van der Waals surface area contributed by atoms with Crippen molar-refractivity contribution in [3.8, 4) is 0 Å². The number of hydrogen-bond donors (Lipinski definition) is 1. The van der Waals surface area contributed by atoms with E-state index in [0.29, 0.717) is 16.7 Å². The molecule has 1 N–H and O–H groups in total. The molecule has 7 nitrogen and oxygen atoms in total. The van der Waals surface area contributed by atoms with Crippen LogP contribution in [0.1, 0.15) is 21.6 Å². The fraction of sp³-hybridized carbons (Fsp3) is 0.200. The lowest BCUT2D eigenvalue weighted by Crippen LogP contribution is -2.15. The second kappa shape index (κ2) is 6.33. The van der Waals surface area contributed by atoms with Gasteiger partial charge in [-0.25, -0.2) is 9.67 Å². The summed E-state index contributed by atoms with van der Waals surface area (Å²) in [5, 5.41) is 11.0. The molecule has 3 aromatic rings. The maximum absolute atomic E-state index is 12.1. The zero-order valence-electron chi connectivity index (χ0n) is 12.7.